The maximum Gasteiger partial charge on any atom is -0.00489 e. The molecule has 0 aliphatic heterocycles. The lowest BCUT2D eigenvalue weighted by Crippen LogP contribution is -2.16. The molecule has 0 heterocycles. The highest BCUT2D eigenvalue weighted by Gasteiger charge is 2.04. The molecule has 13 heavy (non-hydrogen) atoms. The molecule has 0 saturated heterocycles. The zero-order valence-corrected chi connectivity index (χ0v) is 8.67. The highest BCUT2D eigenvalue weighted by Crippen LogP contribution is 2.12. The molecule has 0 aliphatic rings. The fourth-order valence-electron chi connectivity index (χ4n) is 1.36. The maximum atomic E-state index is 5.62. The summed E-state index contributed by atoms with van der Waals surface area (Å²) in [6.07, 6.45) is 5.83. The molecule has 0 rings (SSSR count). The molecule has 0 aromatic rings. The molecule has 0 fully saturated rings. The van der Waals surface area contributed by atoms with E-state index in [1.165, 1.54) is 19.3 Å². The van der Waals surface area contributed by atoms with Crippen LogP contribution in [0.3, 0.4) is 0 Å². The van der Waals surface area contributed by atoms with E-state index in [1.807, 2.05) is 0 Å². The summed E-state index contributed by atoms with van der Waals surface area (Å²) < 4.78 is 0. The normalized spacial score (nSPS) is 12.2. The van der Waals surface area contributed by atoms with E-state index < -0.39 is 0 Å². The quantitative estimate of drug-likeness (QED) is 0.419. The topological polar surface area (TPSA) is 113 Å². The molecule has 4 heteroatoms. The Bertz CT molecular complexity index is 87.7. The van der Waals surface area contributed by atoms with Gasteiger partial charge in [0.1, 0.15) is 0 Å². The van der Waals surface area contributed by atoms with Crippen LogP contribution in [0.5, 0.6) is 0 Å². The minimum absolute atomic E-state index is 0. The van der Waals surface area contributed by atoms with E-state index in [4.69, 9.17) is 17.2 Å². The lowest BCUT2D eigenvalue weighted by Gasteiger charge is -2.13. The van der Waals surface area contributed by atoms with Gasteiger partial charge in [-0.05, 0) is 51.2 Å². The second-order valence-corrected chi connectivity index (χ2v) is 3.32. The van der Waals surface area contributed by atoms with Gasteiger partial charge in [-0.15, -0.1) is 0 Å². The van der Waals surface area contributed by atoms with E-state index in [1.54, 1.807) is 0 Å². The molecule has 0 aliphatic carbocycles. The van der Waals surface area contributed by atoms with Crippen LogP contribution in [0.4, 0.5) is 0 Å². The van der Waals surface area contributed by atoms with E-state index in [2.05, 4.69) is 0 Å². The molecule has 4 nitrogen and oxygen atoms in total. The SMILES string of the molecule is N.NCCCCC(CN)CCCN. The van der Waals surface area contributed by atoms with Crippen molar-refractivity contribution in [2.45, 2.75) is 32.1 Å². The summed E-state index contributed by atoms with van der Waals surface area (Å²) in [4.78, 5) is 0. The summed E-state index contributed by atoms with van der Waals surface area (Å²) in [5.41, 5.74) is 16.5. The fourth-order valence-corrected chi connectivity index (χ4v) is 1.36. The number of hydrogen-bond acceptors (Lipinski definition) is 4. The van der Waals surface area contributed by atoms with Crippen molar-refractivity contribution in [2.75, 3.05) is 19.6 Å². The second kappa shape index (κ2) is 11.8. The minimum Gasteiger partial charge on any atom is -0.344 e. The molecule has 9 N–H and O–H groups in total. The predicted molar refractivity (Wildman–Crippen MR) is 58.8 cm³/mol. The van der Waals surface area contributed by atoms with Crippen molar-refractivity contribution in [3.8, 4) is 0 Å². The van der Waals surface area contributed by atoms with Gasteiger partial charge in [0.2, 0.25) is 0 Å². The summed E-state index contributed by atoms with van der Waals surface area (Å²) in [5, 5.41) is 0. The molecule has 0 saturated carbocycles. The Kier molecular flexibility index (Phi) is 14.0. The van der Waals surface area contributed by atoms with Crippen molar-refractivity contribution in [3.05, 3.63) is 0 Å². The first-order chi connectivity index (χ1) is 5.85. The Hall–Kier alpha value is -0.160. The lowest BCUT2D eigenvalue weighted by atomic mass is 9.97. The molecule has 1 atom stereocenters. The minimum atomic E-state index is 0. The number of hydrogen-bond donors (Lipinski definition) is 4. The first-order valence-corrected chi connectivity index (χ1v) is 4.95. The standard InChI is InChI=1S/C9H23N3.H3N/c10-6-2-1-4-9(8-12)5-3-7-11;/h9H,1-8,10-12H2;1H3. The van der Waals surface area contributed by atoms with Crippen LogP contribution in [0, 0.1) is 5.92 Å². The van der Waals surface area contributed by atoms with Gasteiger partial charge in [0.25, 0.3) is 0 Å². The van der Waals surface area contributed by atoms with E-state index in [0.717, 1.165) is 32.5 Å². The molecule has 0 amide bonds. The first-order valence-electron chi connectivity index (χ1n) is 4.95. The predicted octanol–water partition coefficient (Wildman–Crippen LogP) is 0.591. The van der Waals surface area contributed by atoms with Crippen LogP contribution in [0.25, 0.3) is 0 Å². The number of rotatable bonds is 8. The highest BCUT2D eigenvalue weighted by atomic mass is 14.6. The summed E-state index contributed by atoms with van der Waals surface area (Å²) >= 11 is 0. The number of unbranched alkanes of at least 4 members (excludes halogenated alkanes) is 1. The third kappa shape index (κ3) is 9.76. The van der Waals surface area contributed by atoms with Crippen LogP contribution in [-0.2, 0) is 0 Å². The van der Waals surface area contributed by atoms with Gasteiger partial charge in [0.15, 0.2) is 0 Å². The van der Waals surface area contributed by atoms with E-state index in [-0.39, 0.29) is 6.15 Å². The molecule has 82 valence electrons. The second-order valence-electron chi connectivity index (χ2n) is 3.32. The molecule has 0 spiro atoms. The Morgan fingerprint density at radius 1 is 0.769 bits per heavy atom. The van der Waals surface area contributed by atoms with Crippen molar-refractivity contribution in [1.29, 1.82) is 0 Å². The molecule has 0 aromatic heterocycles. The summed E-state index contributed by atoms with van der Waals surface area (Å²) in [6.45, 7) is 2.38. The van der Waals surface area contributed by atoms with E-state index in [9.17, 15) is 0 Å². The maximum absolute atomic E-state index is 5.62. The van der Waals surface area contributed by atoms with Crippen LogP contribution in [0.1, 0.15) is 32.1 Å². The molecular weight excluding hydrogens is 164 g/mol. The van der Waals surface area contributed by atoms with Crippen LogP contribution >= 0.6 is 0 Å². The summed E-state index contributed by atoms with van der Waals surface area (Å²) in [7, 11) is 0. The average Bonchev–Trinajstić information content (AvgIpc) is 2.11. The Morgan fingerprint density at radius 3 is 1.77 bits per heavy atom. The van der Waals surface area contributed by atoms with Crippen molar-refractivity contribution in [2.24, 2.45) is 23.1 Å². The largest absolute Gasteiger partial charge is 0.344 e. The van der Waals surface area contributed by atoms with E-state index >= 15 is 0 Å². The van der Waals surface area contributed by atoms with Crippen LogP contribution in [-0.4, -0.2) is 19.6 Å². The molecule has 1 unspecified atom stereocenters. The summed E-state index contributed by atoms with van der Waals surface area (Å²) in [5.74, 6) is 0.667. The third-order valence-electron chi connectivity index (χ3n) is 2.22. The smallest absolute Gasteiger partial charge is 0.00489 e. The van der Waals surface area contributed by atoms with Gasteiger partial charge in [-0.25, -0.2) is 0 Å². The van der Waals surface area contributed by atoms with Gasteiger partial charge < -0.3 is 23.4 Å². The Morgan fingerprint density at radius 2 is 1.31 bits per heavy atom. The van der Waals surface area contributed by atoms with Gasteiger partial charge in [-0.2, -0.15) is 0 Å². The van der Waals surface area contributed by atoms with Crippen molar-refractivity contribution >= 4 is 0 Å². The monoisotopic (exact) mass is 190 g/mol. The highest BCUT2D eigenvalue weighted by molar-refractivity contribution is 4.60. The van der Waals surface area contributed by atoms with E-state index in [0.29, 0.717) is 5.92 Å². The molecule has 0 aromatic carbocycles. The number of nitrogens with two attached hydrogens (primary N) is 3. The zero-order chi connectivity index (χ0) is 9.23. The van der Waals surface area contributed by atoms with Crippen molar-refractivity contribution < 1.29 is 0 Å². The van der Waals surface area contributed by atoms with Gasteiger partial charge >= 0.3 is 0 Å². The lowest BCUT2D eigenvalue weighted by molar-refractivity contribution is 0.431. The van der Waals surface area contributed by atoms with Crippen molar-refractivity contribution in [1.82, 2.24) is 6.15 Å². The molecular formula is C9H26N4. The van der Waals surface area contributed by atoms with Gasteiger partial charge in [-0.3, -0.25) is 0 Å². The average molecular weight is 190 g/mol. The third-order valence-corrected chi connectivity index (χ3v) is 2.22. The van der Waals surface area contributed by atoms with Gasteiger partial charge in [0.05, 0.1) is 0 Å². The van der Waals surface area contributed by atoms with Gasteiger partial charge in [0, 0.05) is 0 Å². The van der Waals surface area contributed by atoms with Crippen LogP contribution in [0.15, 0.2) is 0 Å². The van der Waals surface area contributed by atoms with Crippen molar-refractivity contribution in [3.63, 3.8) is 0 Å². The Balaban J connectivity index is 0. The van der Waals surface area contributed by atoms with Crippen LogP contribution in [0.2, 0.25) is 0 Å². The fraction of sp³-hybridized carbons (Fsp3) is 1.00. The molecule has 0 radical (unpaired) electrons. The van der Waals surface area contributed by atoms with Gasteiger partial charge in [-0.1, -0.05) is 6.42 Å². The van der Waals surface area contributed by atoms with Crippen LogP contribution < -0.4 is 23.4 Å². The summed E-state index contributed by atoms with van der Waals surface area (Å²) in [6, 6.07) is 0. The molecule has 0 bridgehead atoms. The Labute approximate surface area is 81.8 Å². The first kappa shape index (κ1) is 15.3. The zero-order valence-electron chi connectivity index (χ0n) is 8.67.